The zero-order chi connectivity index (χ0) is 13.2. The largest absolute Gasteiger partial charge is 0.374 e. The fraction of sp³-hybridized carbons (Fsp3) is 0.385. The third-order valence-electron chi connectivity index (χ3n) is 3.21. The summed E-state index contributed by atoms with van der Waals surface area (Å²) in [5, 5.41) is 3.50. The minimum absolute atomic E-state index is 0.0562. The molecule has 100 valence electrons. The lowest BCUT2D eigenvalue weighted by Gasteiger charge is -2.24. The van der Waals surface area contributed by atoms with Crippen LogP contribution in [0.3, 0.4) is 0 Å². The Balaban J connectivity index is 1.96. The highest BCUT2D eigenvalue weighted by Crippen LogP contribution is 2.11. The van der Waals surface area contributed by atoms with Crippen LogP contribution in [0.4, 0.5) is 4.39 Å². The average Bonchev–Trinajstić information content (AvgIpc) is 2.44. The van der Waals surface area contributed by atoms with Gasteiger partial charge in [0.25, 0.3) is 5.56 Å². The predicted octanol–water partition coefficient (Wildman–Crippen LogP) is 0.524. The average molecular weight is 263 g/mol. The molecule has 0 bridgehead atoms. The van der Waals surface area contributed by atoms with Crippen molar-refractivity contribution in [2.24, 2.45) is 0 Å². The molecule has 0 saturated carbocycles. The van der Waals surface area contributed by atoms with Gasteiger partial charge in [-0.05, 0) is 12.1 Å². The minimum atomic E-state index is -0.475. The normalized spacial score (nSPS) is 19.7. The molecule has 19 heavy (non-hydrogen) atoms. The first-order valence-electron chi connectivity index (χ1n) is 6.21. The van der Waals surface area contributed by atoms with Gasteiger partial charge in [-0.3, -0.25) is 9.36 Å². The van der Waals surface area contributed by atoms with E-state index in [1.807, 2.05) is 0 Å². The van der Waals surface area contributed by atoms with Crippen molar-refractivity contribution in [1.82, 2.24) is 14.9 Å². The van der Waals surface area contributed by atoms with Gasteiger partial charge in [-0.15, -0.1) is 0 Å². The van der Waals surface area contributed by atoms with Crippen molar-refractivity contribution in [1.29, 1.82) is 0 Å². The van der Waals surface area contributed by atoms with Gasteiger partial charge < -0.3 is 10.1 Å². The molecule has 1 atom stereocenters. The van der Waals surface area contributed by atoms with Gasteiger partial charge in [-0.1, -0.05) is 6.07 Å². The van der Waals surface area contributed by atoms with Gasteiger partial charge in [-0.25, -0.2) is 9.37 Å². The Morgan fingerprint density at radius 1 is 1.53 bits per heavy atom. The zero-order valence-electron chi connectivity index (χ0n) is 10.3. The summed E-state index contributed by atoms with van der Waals surface area (Å²) in [6.45, 7) is 2.58. The Morgan fingerprint density at radius 3 is 3.21 bits per heavy atom. The van der Waals surface area contributed by atoms with Crippen LogP contribution in [0.5, 0.6) is 0 Å². The van der Waals surface area contributed by atoms with Crippen LogP contribution in [-0.2, 0) is 11.3 Å². The number of morpholine rings is 1. The maximum absolute atomic E-state index is 13.5. The number of ether oxygens (including phenoxy) is 1. The maximum atomic E-state index is 13.5. The van der Waals surface area contributed by atoms with Crippen molar-refractivity contribution in [3.05, 3.63) is 40.7 Å². The van der Waals surface area contributed by atoms with Gasteiger partial charge in [0.15, 0.2) is 0 Å². The number of para-hydroxylation sites is 1. The van der Waals surface area contributed by atoms with E-state index in [0.717, 1.165) is 6.54 Å². The van der Waals surface area contributed by atoms with E-state index in [1.165, 1.54) is 23.0 Å². The number of benzene rings is 1. The monoisotopic (exact) mass is 263 g/mol. The van der Waals surface area contributed by atoms with Gasteiger partial charge in [0.1, 0.15) is 11.3 Å². The summed E-state index contributed by atoms with van der Waals surface area (Å²) in [4.78, 5) is 16.3. The molecule has 1 aliphatic rings. The second kappa shape index (κ2) is 5.07. The summed E-state index contributed by atoms with van der Waals surface area (Å²) in [7, 11) is 0. The number of nitrogens with one attached hydrogen (secondary N) is 1. The summed E-state index contributed by atoms with van der Waals surface area (Å²) in [6.07, 6.45) is 1.32. The Hall–Kier alpha value is -1.79. The van der Waals surface area contributed by atoms with Gasteiger partial charge in [0.2, 0.25) is 0 Å². The van der Waals surface area contributed by atoms with Crippen LogP contribution in [-0.4, -0.2) is 35.4 Å². The van der Waals surface area contributed by atoms with E-state index in [-0.39, 0.29) is 17.2 Å². The maximum Gasteiger partial charge on any atom is 0.261 e. The van der Waals surface area contributed by atoms with E-state index in [4.69, 9.17) is 4.74 Å². The predicted molar refractivity (Wildman–Crippen MR) is 68.6 cm³/mol. The van der Waals surface area contributed by atoms with E-state index in [0.29, 0.717) is 25.1 Å². The van der Waals surface area contributed by atoms with Crippen LogP contribution in [0, 0.1) is 5.82 Å². The van der Waals surface area contributed by atoms with Crippen LogP contribution >= 0.6 is 0 Å². The summed E-state index contributed by atoms with van der Waals surface area (Å²) in [6, 6.07) is 4.40. The number of aromatic nitrogens is 2. The number of fused-ring (bicyclic) bond motifs is 1. The van der Waals surface area contributed by atoms with Crippen LogP contribution in [0.2, 0.25) is 0 Å². The molecule has 2 aromatic rings. The zero-order valence-corrected chi connectivity index (χ0v) is 10.3. The number of halogens is 1. The first kappa shape index (κ1) is 12.3. The van der Waals surface area contributed by atoms with Crippen molar-refractivity contribution in [3.63, 3.8) is 0 Å². The van der Waals surface area contributed by atoms with E-state index < -0.39 is 5.82 Å². The summed E-state index contributed by atoms with van der Waals surface area (Å²) < 4.78 is 20.5. The Labute approximate surface area is 109 Å². The quantitative estimate of drug-likeness (QED) is 0.858. The number of nitrogens with zero attached hydrogens (tertiary/aromatic N) is 2. The van der Waals surface area contributed by atoms with Gasteiger partial charge >= 0.3 is 0 Å². The molecule has 0 spiro atoms. The minimum Gasteiger partial charge on any atom is -0.374 e. The first-order chi connectivity index (χ1) is 9.25. The van der Waals surface area contributed by atoms with Crippen LogP contribution < -0.4 is 10.9 Å². The van der Waals surface area contributed by atoms with Crippen molar-refractivity contribution in [2.45, 2.75) is 12.6 Å². The van der Waals surface area contributed by atoms with Gasteiger partial charge in [0, 0.05) is 13.1 Å². The molecular weight excluding hydrogens is 249 g/mol. The Bertz CT molecular complexity index is 650. The van der Waals surface area contributed by atoms with Crippen molar-refractivity contribution in [2.75, 3.05) is 19.7 Å². The molecule has 1 aromatic heterocycles. The van der Waals surface area contributed by atoms with E-state index in [2.05, 4.69) is 10.3 Å². The second-order valence-electron chi connectivity index (χ2n) is 4.54. The molecule has 0 unspecified atom stereocenters. The summed E-state index contributed by atoms with van der Waals surface area (Å²) >= 11 is 0. The smallest absolute Gasteiger partial charge is 0.261 e. The van der Waals surface area contributed by atoms with Crippen molar-refractivity contribution in [3.8, 4) is 0 Å². The van der Waals surface area contributed by atoms with E-state index in [1.54, 1.807) is 6.07 Å². The molecule has 1 saturated heterocycles. The van der Waals surface area contributed by atoms with E-state index in [9.17, 15) is 9.18 Å². The SMILES string of the molecule is O=c1c2cccc(F)c2ncn1C[C@@H]1CNCCO1. The number of rotatable bonds is 2. The van der Waals surface area contributed by atoms with Gasteiger partial charge in [0.05, 0.1) is 31.0 Å². The lowest BCUT2D eigenvalue weighted by molar-refractivity contribution is 0.0175. The van der Waals surface area contributed by atoms with Gasteiger partial charge in [-0.2, -0.15) is 0 Å². The highest BCUT2D eigenvalue weighted by Gasteiger charge is 2.15. The molecule has 5 nitrogen and oxygen atoms in total. The summed E-state index contributed by atoms with van der Waals surface area (Å²) in [5.74, 6) is -0.475. The van der Waals surface area contributed by atoms with Crippen LogP contribution in [0.15, 0.2) is 29.3 Å². The number of hydrogen-bond acceptors (Lipinski definition) is 4. The summed E-state index contributed by atoms with van der Waals surface area (Å²) in [5.41, 5.74) is -0.120. The molecule has 1 aliphatic heterocycles. The topological polar surface area (TPSA) is 56.2 Å². The third kappa shape index (κ3) is 2.36. The molecule has 1 aromatic carbocycles. The first-order valence-corrected chi connectivity index (χ1v) is 6.21. The fourth-order valence-electron chi connectivity index (χ4n) is 2.24. The van der Waals surface area contributed by atoms with Crippen LogP contribution in [0.25, 0.3) is 10.9 Å². The fourth-order valence-corrected chi connectivity index (χ4v) is 2.24. The van der Waals surface area contributed by atoms with Crippen molar-refractivity contribution < 1.29 is 9.13 Å². The van der Waals surface area contributed by atoms with Crippen LogP contribution in [0.1, 0.15) is 0 Å². The molecule has 3 rings (SSSR count). The lowest BCUT2D eigenvalue weighted by Crippen LogP contribution is -2.42. The highest BCUT2D eigenvalue weighted by atomic mass is 19.1. The molecule has 0 amide bonds. The number of hydrogen-bond donors (Lipinski definition) is 1. The molecule has 2 heterocycles. The second-order valence-corrected chi connectivity index (χ2v) is 4.54. The highest BCUT2D eigenvalue weighted by molar-refractivity contribution is 5.77. The molecule has 1 N–H and O–H groups in total. The van der Waals surface area contributed by atoms with Crippen molar-refractivity contribution >= 4 is 10.9 Å². The molecule has 6 heteroatoms. The molecule has 0 aliphatic carbocycles. The standard InChI is InChI=1S/C13H14FN3O2/c14-11-3-1-2-10-12(11)16-8-17(13(10)18)7-9-6-15-4-5-19-9/h1-3,8-9,15H,4-7H2/t9-/m0/s1. The molecular formula is C13H14FN3O2. The Morgan fingerprint density at radius 2 is 2.42 bits per heavy atom. The van der Waals surface area contributed by atoms with E-state index >= 15 is 0 Å². The molecule has 1 fully saturated rings. The third-order valence-corrected chi connectivity index (χ3v) is 3.21. The Kier molecular flexibility index (Phi) is 3.27. The molecule has 0 radical (unpaired) electrons. The lowest BCUT2D eigenvalue weighted by atomic mass is 10.2.